The smallest absolute Gasteiger partial charge is 0.529 e. The Balaban J connectivity index is 1.81. The van der Waals surface area contributed by atoms with Gasteiger partial charge < -0.3 is 9.31 Å². The highest BCUT2D eigenvalue weighted by Crippen LogP contribution is 2.08. The van der Waals surface area contributed by atoms with Crippen molar-refractivity contribution in [2.24, 2.45) is 0 Å². The summed E-state index contributed by atoms with van der Waals surface area (Å²) in [7, 11) is 0.168. The second-order valence-electron chi connectivity index (χ2n) is 2.89. The number of rotatable bonds is 4. The summed E-state index contributed by atoms with van der Waals surface area (Å²) >= 11 is 0. The minimum atomic E-state index is 0.168. The zero-order chi connectivity index (χ0) is 10.3. The predicted octanol–water partition coefficient (Wildman–Crippen LogP) is 1.81. The van der Waals surface area contributed by atoms with Crippen LogP contribution in [-0.4, -0.2) is 12.7 Å². The van der Waals surface area contributed by atoms with Gasteiger partial charge in [-0.3, -0.25) is 0 Å². The van der Waals surface area contributed by atoms with Gasteiger partial charge in [0, 0.05) is 6.20 Å². The van der Waals surface area contributed by atoms with Gasteiger partial charge in [0.25, 0.3) is 0 Å². The molecule has 0 N–H and O–H groups in total. The fourth-order valence-corrected chi connectivity index (χ4v) is 1.11. The van der Waals surface area contributed by atoms with Crippen LogP contribution in [0.1, 0.15) is 0 Å². The number of hydrogen-bond acceptors (Lipinski definition) is 3. The molecule has 0 aliphatic heterocycles. The van der Waals surface area contributed by atoms with E-state index in [0.29, 0.717) is 5.88 Å². The van der Waals surface area contributed by atoms with Crippen molar-refractivity contribution in [3.05, 3.63) is 54.7 Å². The SMILES string of the molecule is B(Oc1ccccc1)Oc1ccccn1. The molecule has 74 valence electrons. The lowest BCUT2D eigenvalue weighted by Crippen LogP contribution is -2.11. The standard InChI is InChI=1S/C11H10BNO2/c1-2-6-10(7-3-1)14-12-15-11-8-4-5-9-13-11/h1-9,12H. The maximum absolute atomic E-state index is 5.35. The third-order valence-corrected chi connectivity index (χ3v) is 1.81. The molecule has 0 radical (unpaired) electrons. The number of nitrogens with zero attached hydrogens (tertiary/aromatic N) is 1. The van der Waals surface area contributed by atoms with Gasteiger partial charge in [0.15, 0.2) is 5.88 Å². The molecular weight excluding hydrogens is 189 g/mol. The topological polar surface area (TPSA) is 31.4 Å². The lowest BCUT2D eigenvalue weighted by atomic mass is 10.3. The summed E-state index contributed by atoms with van der Waals surface area (Å²) < 4.78 is 10.6. The fourth-order valence-electron chi connectivity index (χ4n) is 1.11. The molecule has 3 nitrogen and oxygen atoms in total. The second kappa shape index (κ2) is 5.05. The van der Waals surface area contributed by atoms with E-state index in [4.69, 9.17) is 9.31 Å². The molecule has 2 rings (SSSR count). The average Bonchev–Trinajstić information content (AvgIpc) is 2.32. The van der Waals surface area contributed by atoms with Gasteiger partial charge in [-0.05, 0) is 24.3 Å². The molecule has 2 aromatic rings. The van der Waals surface area contributed by atoms with E-state index in [1.165, 1.54) is 0 Å². The fraction of sp³-hybridized carbons (Fsp3) is 0. The Morgan fingerprint density at radius 3 is 2.40 bits per heavy atom. The van der Waals surface area contributed by atoms with Crippen LogP contribution in [0.3, 0.4) is 0 Å². The van der Waals surface area contributed by atoms with Crippen LogP contribution in [0.15, 0.2) is 54.7 Å². The summed E-state index contributed by atoms with van der Waals surface area (Å²) in [5.74, 6) is 1.35. The molecule has 0 saturated carbocycles. The van der Waals surface area contributed by atoms with Gasteiger partial charge in [-0.25, -0.2) is 4.98 Å². The number of aromatic nitrogens is 1. The molecule has 0 aliphatic rings. The molecule has 0 spiro atoms. The predicted molar refractivity (Wildman–Crippen MR) is 59.1 cm³/mol. The molecule has 0 saturated heterocycles. The van der Waals surface area contributed by atoms with E-state index in [1.54, 1.807) is 12.3 Å². The van der Waals surface area contributed by atoms with Gasteiger partial charge in [-0.15, -0.1) is 0 Å². The molecular formula is C11H10BNO2. The molecule has 0 aliphatic carbocycles. The zero-order valence-electron chi connectivity index (χ0n) is 8.17. The number of hydrogen-bond donors (Lipinski definition) is 0. The maximum atomic E-state index is 5.35. The van der Waals surface area contributed by atoms with E-state index in [2.05, 4.69) is 4.98 Å². The lowest BCUT2D eigenvalue weighted by molar-refractivity contribution is 0.448. The highest BCUT2D eigenvalue weighted by atomic mass is 16.6. The number of para-hydroxylation sites is 1. The molecule has 0 fully saturated rings. The van der Waals surface area contributed by atoms with E-state index >= 15 is 0 Å². The molecule has 0 atom stereocenters. The lowest BCUT2D eigenvalue weighted by Gasteiger charge is -2.05. The monoisotopic (exact) mass is 199 g/mol. The highest BCUT2D eigenvalue weighted by Gasteiger charge is 1.98. The van der Waals surface area contributed by atoms with Crippen LogP contribution in [-0.2, 0) is 0 Å². The van der Waals surface area contributed by atoms with Crippen molar-refractivity contribution >= 4 is 7.69 Å². The zero-order valence-corrected chi connectivity index (χ0v) is 8.17. The summed E-state index contributed by atoms with van der Waals surface area (Å²) in [6.45, 7) is 0. The van der Waals surface area contributed by atoms with Gasteiger partial charge in [-0.1, -0.05) is 24.3 Å². The van der Waals surface area contributed by atoms with E-state index < -0.39 is 0 Å². The molecule has 4 heteroatoms. The van der Waals surface area contributed by atoms with Crippen molar-refractivity contribution in [1.29, 1.82) is 0 Å². The second-order valence-corrected chi connectivity index (χ2v) is 2.89. The van der Waals surface area contributed by atoms with Gasteiger partial charge in [0.05, 0.1) is 0 Å². The Morgan fingerprint density at radius 2 is 1.67 bits per heavy atom. The summed E-state index contributed by atoms with van der Waals surface area (Å²) in [5, 5.41) is 0. The Morgan fingerprint density at radius 1 is 0.867 bits per heavy atom. The normalized spacial score (nSPS) is 9.33. The van der Waals surface area contributed by atoms with Crippen molar-refractivity contribution in [3.63, 3.8) is 0 Å². The third-order valence-electron chi connectivity index (χ3n) is 1.81. The number of benzene rings is 1. The van der Waals surface area contributed by atoms with Crippen molar-refractivity contribution in [1.82, 2.24) is 4.98 Å². The van der Waals surface area contributed by atoms with Crippen molar-refractivity contribution in [2.45, 2.75) is 0 Å². The van der Waals surface area contributed by atoms with Crippen LogP contribution < -0.4 is 9.31 Å². The molecule has 1 aromatic carbocycles. The maximum Gasteiger partial charge on any atom is 0.577 e. The first kappa shape index (κ1) is 9.58. The molecule has 1 aromatic heterocycles. The Labute approximate surface area is 89.0 Å². The average molecular weight is 199 g/mol. The van der Waals surface area contributed by atoms with Gasteiger partial charge >= 0.3 is 7.69 Å². The van der Waals surface area contributed by atoms with Crippen LogP contribution in [0.25, 0.3) is 0 Å². The van der Waals surface area contributed by atoms with Crippen LogP contribution >= 0.6 is 0 Å². The van der Waals surface area contributed by atoms with Gasteiger partial charge in [0.1, 0.15) is 5.75 Å². The molecule has 15 heavy (non-hydrogen) atoms. The first-order valence-electron chi connectivity index (χ1n) is 4.67. The minimum absolute atomic E-state index is 0.168. The van der Waals surface area contributed by atoms with E-state index in [9.17, 15) is 0 Å². The van der Waals surface area contributed by atoms with Crippen LogP contribution in [0.2, 0.25) is 0 Å². The van der Waals surface area contributed by atoms with E-state index in [-0.39, 0.29) is 7.69 Å². The summed E-state index contributed by atoms with van der Waals surface area (Å²) in [4.78, 5) is 4.01. The summed E-state index contributed by atoms with van der Waals surface area (Å²) in [5.41, 5.74) is 0. The molecule has 0 amide bonds. The van der Waals surface area contributed by atoms with Gasteiger partial charge in [0.2, 0.25) is 0 Å². The Kier molecular flexibility index (Phi) is 3.23. The number of pyridine rings is 1. The summed E-state index contributed by atoms with van der Waals surface area (Å²) in [6.07, 6.45) is 1.68. The van der Waals surface area contributed by atoms with Crippen LogP contribution in [0, 0.1) is 0 Å². The van der Waals surface area contributed by atoms with E-state index in [0.717, 1.165) is 5.75 Å². The molecule has 0 unspecified atom stereocenters. The summed E-state index contributed by atoms with van der Waals surface area (Å²) in [6, 6.07) is 15.0. The molecule has 0 bridgehead atoms. The van der Waals surface area contributed by atoms with Crippen molar-refractivity contribution in [3.8, 4) is 11.6 Å². The molecule has 1 heterocycles. The largest absolute Gasteiger partial charge is 0.577 e. The van der Waals surface area contributed by atoms with E-state index in [1.807, 2.05) is 42.5 Å². The van der Waals surface area contributed by atoms with Crippen LogP contribution in [0.5, 0.6) is 11.6 Å². The van der Waals surface area contributed by atoms with Crippen molar-refractivity contribution in [2.75, 3.05) is 0 Å². The Bertz CT molecular complexity index is 354. The minimum Gasteiger partial charge on any atom is -0.529 e. The first-order chi connectivity index (χ1) is 7.45. The quantitative estimate of drug-likeness (QED) is 0.703. The van der Waals surface area contributed by atoms with Crippen LogP contribution in [0.4, 0.5) is 0 Å². The third kappa shape index (κ3) is 3.02. The van der Waals surface area contributed by atoms with Gasteiger partial charge in [-0.2, -0.15) is 0 Å². The highest BCUT2D eigenvalue weighted by molar-refractivity contribution is 6.20. The van der Waals surface area contributed by atoms with Crippen molar-refractivity contribution < 1.29 is 9.31 Å². The first-order valence-corrected chi connectivity index (χ1v) is 4.67. The Hall–Kier alpha value is -1.97.